The van der Waals surface area contributed by atoms with Crippen molar-refractivity contribution >= 4 is 10.0 Å². The average molecular weight is 293 g/mol. The average Bonchev–Trinajstić information content (AvgIpc) is 2.77. The quantitative estimate of drug-likeness (QED) is 0.843. The molecule has 1 heterocycles. The van der Waals surface area contributed by atoms with Crippen molar-refractivity contribution in [1.29, 1.82) is 0 Å². The molecular formula is C15H19NO3S. The minimum Gasteiger partial charge on any atom is -0.384 e. The molecule has 1 aliphatic rings. The van der Waals surface area contributed by atoms with E-state index in [4.69, 9.17) is 5.11 Å². The van der Waals surface area contributed by atoms with Crippen molar-refractivity contribution in [3.05, 3.63) is 29.8 Å². The summed E-state index contributed by atoms with van der Waals surface area (Å²) in [5.74, 6) is 5.26. The van der Waals surface area contributed by atoms with Gasteiger partial charge in [-0.1, -0.05) is 17.9 Å². The van der Waals surface area contributed by atoms with Crippen molar-refractivity contribution in [3.63, 3.8) is 0 Å². The molecule has 1 aromatic carbocycles. The third-order valence-corrected chi connectivity index (χ3v) is 5.67. The van der Waals surface area contributed by atoms with Crippen LogP contribution in [0.25, 0.3) is 0 Å². The molecule has 0 bridgehead atoms. The lowest BCUT2D eigenvalue weighted by Crippen LogP contribution is -2.42. The molecule has 20 heavy (non-hydrogen) atoms. The number of aliphatic hydroxyl groups excluding tert-OH is 1. The first kappa shape index (κ1) is 15.0. The lowest BCUT2D eigenvalue weighted by molar-refractivity contribution is 0.291. The normalized spacial score (nSPS) is 18.6. The Balaban J connectivity index is 2.40. The van der Waals surface area contributed by atoms with E-state index in [0.717, 1.165) is 12.8 Å². The van der Waals surface area contributed by atoms with Gasteiger partial charge in [0.1, 0.15) is 6.61 Å². The minimum atomic E-state index is -3.49. The molecule has 0 saturated carbocycles. The Kier molecular flexibility index (Phi) is 4.19. The van der Waals surface area contributed by atoms with Crippen molar-refractivity contribution in [2.24, 2.45) is 0 Å². The second-order valence-corrected chi connectivity index (χ2v) is 7.34. The summed E-state index contributed by atoms with van der Waals surface area (Å²) in [7, 11) is -3.49. The van der Waals surface area contributed by atoms with Gasteiger partial charge in [0, 0.05) is 17.6 Å². The van der Waals surface area contributed by atoms with Gasteiger partial charge in [0.15, 0.2) is 0 Å². The van der Waals surface area contributed by atoms with Gasteiger partial charge in [-0.15, -0.1) is 0 Å². The van der Waals surface area contributed by atoms with Crippen LogP contribution < -0.4 is 0 Å². The fraction of sp³-hybridized carbons (Fsp3) is 0.467. The fourth-order valence-electron chi connectivity index (χ4n) is 2.53. The Morgan fingerprint density at radius 2 is 2.15 bits per heavy atom. The molecule has 0 radical (unpaired) electrons. The van der Waals surface area contributed by atoms with E-state index < -0.39 is 10.0 Å². The highest BCUT2D eigenvalue weighted by Gasteiger charge is 2.40. The summed E-state index contributed by atoms with van der Waals surface area (Å²) >= 11 is 0. The van der Waals surface area contributed by atoms with Crippen molar-refractivity contribution < 1.29 is 13.5 Å². The number of benzene rings is 1. The third-order valence-electron chi connectivity index (χ3n) is 3.56. The van der Waals surface area contributed by atoms with E-state index in [1.807, 2.05) is 13.8 Å². The van der Waals surface area contributed by atoms with Crippen LogP contribution in [0.3, 0.4) is 0 Å². The number of aliphatic hydroxyl groups is 1. The summed E-state index contributed by atoms with van der Waals surface area (Å²) < 4.78 is 27.0. The zero-order valence-electron chi connectivity index (χ0n) is 11.8. The van der Waals surface area contributed by atoms with Crippen molar-refractivity contribution in [2.75, 3.05) is 13.2 Å². The zero-order valence-corrected chi connectivity index (χ0v) is 12.6. The molecule has 108 valence electrons. The Bertz CT molecular complexity index is 653. The molecule has 2 rings (SSSR count). The summed E-state index contributed by atoms with van der Waals surface area (Å²) in [6.07, 6.45) is 1.76. The van der Waals surface area contributed by atoms with Gasteiger partial charge >= 0.3 is 0 Å². The number of sulfonamides is 1. The molecule has 4 nitrogen and oxygen atoms in total. The predicted octanol–water partition coefficient (Wildman–Crippen LogP) is 1.59. The maximum Gasteiger partial charge on any atom is 0.243 e. The lowest BCUT2D eigenvalue weighted by Gasteiger charge is -2.30. The second-order valence-electron chi connectivity index (χ2n) is 5.48. The molecule has 0 aliphatic carbocycles. The summed E-state index contributed by atoms with van der Waals surface area (Å²) in [6, 6.07) is 6.56. The van der Waals surface area contributed by atoms with Crippen molar-refractivity contribution in [2.45, 2.75) is 37.1 Å². The highest BCUT2D eigenvalue weighted by atomic mass is 32.2. The van der Waals surface area contributed by atoms with E-state index >= 15 is 0 Å². The molecule has 1 aliphatic heterocycles. The molecule has 1 aromatic rings. The number of hydrogen-bond acceptors (Lipinski definition) is 3. The first-order valence-corrected chi connectivity index (χ1v) is 8.04. The van der Waals surface area contributed by atoms with E-state index in [9.17, 15) is 8.42 Å². The zero-order chi connectivity index (χ0) is 14.8. The first-order valence-electron chi connectivity index (χ1n) is 6.60. The Labute approximate surface area is 120 Å². The van der Waals surface area contributed by atoms with Crippen LogP contribution in [0.4, 0.5) is 0 Å². The Hall–Kier alpha value is -1.35. The van der Waals surface area contributed by atoms with E-state index in [2.05, 4.69) is 11.8 Å². The maximum atomic E-state index is 12.7. The maximum absolute atomic E-state index is 12.7. The smallest absolute Gasteiger partial charge is 0.243 e. The fourth-order valence-corrected chi connectivity index (χ4v) is 4.42. The van der Waals surface area contributed by atoms with Crippen molar-refractivity contribution in [1.82, 2.24) is 4.31 Å². The molecule has 0 spiro atoms. The molecule has 0 atom stereocenters. The van der Waals surface area contributed by atoms with Gasteiger partial charge in [0.2, 0.25) is 10.0 Å². The largest absolute Gasteiger partial charge is 0.384 e. The second kappa shape index (κ2) is 5.57. The van der Waals surface area contributed by atoms with E-state index in [1.165, 1.54) is 0 Å². The lowest BCUT2D eigenvalue weighted by atomic mass is 10.0. The van der Waals surface area contributed by atoms with E-state index in [-0.39, 0.29) is 17.0 Å². The van der Waals surface area contributed by atoms with Gasteiger partial charge in [-0.25, -0.2) is 8.42 Å². The van der Waals surface area contributed by atoms with Crippen LogP contribution in [0.2, 0.25) is 0 Å². The van der Waals surface area contributed by atoms with Crippen LogP contribution in [-0.4, -0.2) is 36.5 Å². The predicted molar refractivity (Wildman–Crippen MR) is 77.6 cm³/mol. The van der Waals surface area contributed by atoms with Crippen LogP contribution in [-0.2, 0) is 10.0 Å². The molecule has 1 saturated heterocycles. The van der Waals surface area contributed by atoms with Gasteiger partial charge in [-0.3, -0.25) is 0 Å². The minimum absolute atomic E-state index is 0.240. The van der Waals surface area contributed by atoms with Gasteiger partial charge in [-0.05, 0) is 44.9 Å². The number of rotatable bonds is 2. The summed E-state index contributed by atoms with van der Waals surface area (Å²) in [5, 5.41) is 8.70. The van der Waals surface area contributed by atoms with Crippen LogP contribution in [0.5, 0.6) is 0 Å². The van der Waals surface area contributed by atoms with Crippen LogP contribution >= 0.6 is 0 Å². The summed E-state index contributed by atoms with van der Waals surface area (Å²) in [5.41, 5.74) is 0.253. The van der Waals surface area contributed by atoms with E-state index in [0.29, 0.717) is 12.1 Å². The first-order chi connectivity index (χ1) is 9.38. The van der Waals surface area contributed by atoms with Gasteiger partial charge in [0.05, 0.1) is 4.90 Å². The van der Waals surface area contributed by atoms with Crippen LogP contribution in [0.1, 0.15) is 32.3 Å². The molecular weight excluding hydrogens is 274 g/mol. The highest BCUT2D eigenvalue weighted by Crippen LogP contribution is 2.33. The molecule has 1 N–H and O–H groups in total. The Morgan fingerprint density at radius 1 is 1.40 bits per heavy atom. The molecule has 0 aromatic heterocycles. The third kappa shape index (κ3) is 2.88. The monoisotopic (exact) mass is 293 g/mol. The van der Waals surface area contributed by atoms with Gasteiger partial charge in [0.25, 0.3) is 0 Å². The molecule has 0 unspecified atom stereocenters. The summed E-state index contributed by atoms with van der Waals surface area (Å²) in [4.78, 5) is 0.261. The van der Waals surface area contributed by atoms with Crippen LogP contribution in [0, 0.1) is 11.8 Å². The SMILES string of the molecule is CC1(C)CCCN1S(=O)(=O)c1cccc(C#CCO)c1. The van der Waals surface area contributed by atoms with Crippen molar-refractivity contribution in [3.8, 4) is 11.8 Å². The van der Waals surface area contributed by atoms with Gasteiger partial charge in [-0.2, -0.15) is 4.31 Å². The molecule has 0 amide bonds. The molecule has 1 fully saturated rings. The standard InChI is InChI=1S/C15H19NO3S/c1-15(2)9-5-10-16(15)20(18,19)14-8-3-6-13(12-14)7-4-11-17/h3,6,8,12,17H,5,9-11H2,1-2H3. The molecule has 5 heteroatoms. The Morgan fingerprint density at radius 3 is 2.75 bits per heavy atom. The number of hydrogen-bond donors (Lipinski definition) is 1. The van der Waals surface area contributed by atoms with Gasteiger partial charge < -0.3 is 5.11 Å². The van der Waals surface area contributed by atoms with E-state index in [1.54, 1.807) is 28.6 Å². The number of nitrogens with zero attached hydrogens (tertiary/aromatic N) is 1. The summed E-state index contributed by atoms with van der Waals surface area (Å²) in [6.45, 7) is 4.22. The highest BCUT2D eigenvalue weighted by molar-refractivity contribution is 7.89. The van der Waals surface area contributed by atoms with Crippen LogP contribution in [0.15, 0.2) is 29.2 Å². The topological polar surface area (TPSA) is 57.6 Å².